The van der Waals surface area contributed by atoms with Crippen molar-refractivity contribution in [2.75, 3.05) is 0 Å². The Morgan fingerprint density at radius 1 is 1.60 bits per heavy atom. The smallest absolute Gasteiger partial charge is 0.237 e. The van der Waals surface area contributed by atoms with Crippen molar-refractivity contribution in [1.29, 1.82) is 0 Å². The van der Waals surface area contributed by atoms with E-state index in [-0.39, 0.29) is 12.4 Å². The van der Waals surface area contributed by atoms with Crippen molar-refractivity contribution >= 4 is 16.9 Å². The first-order valence-corrected chi connectivity index (χ1v) is 4.48. The number of aromatic nitrogens is 2. The number of rotatable bonds is 2. The third kappa shape index (κ3) is 1.68. The number of aryl methyl sites for hydroxylation is 1. The van der Waals surface area contributed by atoms with Gasteiger partial charge in [0.25, 0.3) is 0 Å². The fourth-order valence-corrected chi connectivity index (χ4v) is 1.58. The summed E-state index contributed by atoms with van der Waals surface area (Å²) in [6.07, 6.45) is 0. The maximum atomic E-state index is 12.9. The molecule has 0 aliphatic rings. The van der Waals surface area contributed by atoms with Crippen LogP contribution in [-0.4, -0.2) is 15.5 Å². The van der Waals surface area contributed by atoms with Crippen LogP contribution in [0.2, 0.25) is 0 Å². The SMILES string of the molecule is Cc1nc2cc(F)ccc2n1CC(N)=O. The summed E-state index contributed by atoms with van der Waals surface area (Å²) in [5.41, 5.74) is 6.36. The molecule has 1 aromatic heterocycles. The highest BCUT2D eigenvalue weighted by Crippen LogP contribution is 2.16. The summed E-state index contributed by atoms with van der Waals surface area (Å²) in [5, 5.41) is 0. The highest BCUT2D eigenvalue weighted by Gasteiger charge is 2.09. The number of nitrogens with zero attached hydrogens (tertiary/aromatic N) is 2. The Morgan fingerprint density at radius 2 is 2.33 bits per heavy atom. The summed E-state index contributed by atoms with van der Waals surface area (Å²) < 4.78 is 14.6. The second-order valence-corrected chi connectivity index (χ2v) is 3.34. The van der Waals surface area contributed by atoms with Gasteiger partial charge in [-0.15, -0.1) is 0 Å². The van der Waals surface area contributed by atoms with E-state index in [9.17, 15) is 9.18 Å². The molecule has 0 bridgehead atoms. The number of amides is 1. The Kier molecular flexibility index (Phi) is 2.15. The third-order valence-corrected chi connectivity index (χ3v) is 2.22. The maximum absolute atomic E-state index is 12.9. The van der Waals surface area contributed by atoms with Crippen LogP contribution in [0, 0.1) is 12.7 Å². The molecule has 2 rings (SSSR count). The standard InChI is InChI=1S/C10H10FN3O/c1-6-13-8-4-7(11)2-3-9(8)14(6)5-10(12)15/h2-4H,5H2,1H3,(H2,12,15). The van der Waals surface area contributed by atoms with Crippen molar-refractivity contribution in [3.05, 3.63) is 29.8 Å². The quantitative estimate of drug-likeness (QED) is 0.797. The number of carbonyl (C=O) groups is 1. The van der Waals surface area contributed by atoms with E-state index in [0.29, 0.717) is 16.9 Å². The van der Waals surface area contributed by atoms with Gasteiger partial charge in [-0.3, -0.25) is 4.79 Å². The maximum Gasteiger partial charge on any atom is 0.237 e. The van der Waals surface area contributed by atoms with Gasteiger partial charge >= 0.3 is 0 Å². The number of carbonyl (C=O) groups excluding carboxylic acids is 1. The minimum Gasteiger partial charge on any atom is -0.368 e. The van der Waals surface area contributed by atoms with E-state index in [4.69, 9.17) is 5.73 Å². The van der Waals surface area contributed by atoms with E-state index in [1.807, 2.05) is 0 Å². The predicted octanol–water partition coefficient (Wildman–Crippen LogP) is 0.969. The predicted molar refractivity (Wildman–Crippen MR) is 53.6 cm³/mol. The molecule has 0 atom stereocenters. The Morgan fingerprint density at radius 3 is 3.00 bits per heavy atom. The Balaban J connectivity index is 2.63. The molecule has 78 valence electrons. The first-order chi connectivity index (χ1) is 7.08. The van der Waals surface area contributed by atoms with E-state index in [1.165, 1.54) is 12.1 Å². The molecule has 0 fully saturated rings. The average molecular weight is 207 g/mol. The fraction of sp³-hybridized carbons (Fsp3) is 0.200. The van der Waals surface area contributed by atoms with Crippen LogP contribution < -0.4 is 5.73 Å². The van der Waals surface area contributed by atoms with Crippen LogP contribution >= 0.6 is 0 Å². The average Bonchev–Trinajstić information content (AvgIpc) is 2.41. The molecule has 0 saturated heterocycles. The summed E-state index contributed by atoms with van der Waals surface area (Å²) >= 11 is 0. The lowest BCUT2D eigenvalue weighted by atomic mass is 10.3. The van der Waals surface area contributed by atoms with Gasteiger partial charge in [0.2, 0.25) is 5.91 Å². The number of hydrogen-bond acceptors (Lipinski definition) is 2. The Hall–Kier alpha value is -1.91. The lowest BCUT2D eigenvalue weighted by molar-refractivity contribution is -0.118. The van der Waals surface area contributed by atoms with Crippen LogP contribution in [0.4, 0.5) is 4.39 Å². The Labute approximate surface area is 85.5 Å². The fourth-order valence-electron chi connectivity index (χ4n) is 1.58. The molecule has 0 aliphatic carbocycles. The highest BCUT2D eigenvalue weighted by atomic mass is 19.1. The molecule has 4 nitrogen and oxygen atoms in total. The first kappa shape index (κ1) is 9.64. The second kappa shape index (κ2) is 3.34. The molecule has 1 heterocycles. The van der Waals surface area contributed by atoms with Crippen LogP contribution in [0.5, 0.6) is 0 Å². The van der Waals surface area contributed by atoms with Crippen molar-refractivity contribution in [3.63, 3.8) is 0 Å². The minimum absolute atomic E-state index is 0.0635. The third-order valence-electron chi connectivity index (χ3n) is 2.22. The van der Waals surface area contributed by atoms with E-state index < -0.39 is 5.91 Å². The van der Waals surface area contributed by atoms with Crippen molar-refractivity contribution < 1.29 is 9.18 Å². The molecule has 5 heteroatoms. The van der Waals surface area contributed by atoms with Crippen molar-refractivity contribution in [3.8, 4) is 0 Å². The Bertz CT molecular complexity index is 533. The van der Waals surface area contributed by atoms with Gasteiger partial charge in [0.1, 0.15) is 18.2 Å². The molecule has 2 N–H and O–H groups in total. The number of hydrogen-bond donors (Lipinski definition) is 1. The van der Waals surface area contributed by atoms with E-state index in [2.05, 4.69) is 4.98 Å². The monoisotopic (exact) mass is 207 g/mol. The highest BCUT2D eigenvalue weighted by molar-refractivity contribution is 5.80. The molecular weight excluding hydrogens is 197 g/mol. The molecule has 15 heavy (non-hydrogen) atoms. The van der Waals surface area contributed by atoms with Crippen molar-refractivity contribution in [1.82, 2.24) is 9.55 Å². The molecular formula is C10H10FN3O. The van der Waals surface area contributed by atoms with Gasteiger partial charge in [-0.2, -0.15) is 0 Å². The van der Waals surface area contributed by atoms with Crippen LogP contribution in [0.25, 0.3) is 11.0 Å². The lowest BCUT2D eigenvalue weighted by Crippen LogP contribution is -2.19. The normalized spacial score (nSPS) is 10.8. The lowest BCUT2D eigenvalue weighted by Gasteiger charge is -2.02. The van der Waals surface area contributed by atoms with Crippen LogP contribution in [0.1, 0.15) is 5.82 Å². The molecule has 2 aromatic rings. The zero-order chi connectivity index (χ0) is 11.0. The van der Waals surface area contributed by atoms with Crippen LogP contribution in [-0.2, 0) is 11.3 Å². The van der Waals surface area contributed by atoms with Gasteiger partial charge in [0.05, 0.1) is 11.0 Å². The molecule has 0 aliphatic heterocycles. The largest absolute Gasteiger partial charge is 0.368 e. The summed E-state index contributed by atoms with van der Waals surface area (Å²) in [4.78, 5) is 15.0. The van der Waals surface area contributed by atoms with Gasteiger partial charge in [-0.05, 0) is 19.1 Å². The number of nitrogens with two attached hydrogens (primary N) is 1. The van der Waals surface area contributed by atoms with Crippen molar-refractivity contribution in [2.45, 2.75) is 13.5 Å². The molecule has 0 spiro atoms. The van der Waals surface area contributed by atoms with Gasteiger partial charge in [-0.25, -0.2) is 9.37 Å². The summed E-state index contributed by atoms with van der Waals surface area (Å²) in [6, 6.07) is 4.26. The summed E-state index contributed by atoms with van der Waals surface area (Å²) in [6.45, 7) is 1.81. The summed E-state index contributed by atoms with van der Waals surface area (Å²) in [5.74, 6) is -0.137. The minimum atomic E-state index is -0.443. The topological polar surface area (TPSA) is 60.9 Å². The zero-order valence-electron chi connectivity index (χ0n) is 8.20. The van der Waals surface area contributed by atoms with Gasteiger partial charge in [-0.1, -0.05) is 0 Å². The number of fused-ring (bicyclic) bond motifs is 1. The number of benzene rings is 1. The summed E-state index contributed by atoms with van der Waals surface area (Å²) in [7, 11) is 0. The van der Waals surface area contributed by atoms with Gasteiger partial charge in [0, 0.05) is 6.07 Å². The van der Waals surface area contributed by atoms with Gasteiger partial charge in [0.15, 0.2) is 0 Å². The molecule has 0 radical (unpaired) electrons. The number of imidazole rings is 1. The van der Waals surface area contributed by atoms with E-state index >= 15 is 0 Å². The number of halogens is 1. The molecule has 1 amide bonds. The van der Waals surface area contributed by atoms with Crippen LogP contribution in [0.3, 0.4) is 0 Å². The molecule has 1 aromatic carbocycles. The first-order valence-electron chi connectivity index (χ1n) is 4.48. The van der Waals surface area contributed by atoms with Crippen LogP contribution in [0.15, 0.2) is 18.2 Å². The van der Waals surface area contributed by atoms with E-state index in [1.54, 1.807) is 17.6 Å². The zero-order valence-corrected chi connectivity index (χ0v) is 8.20. The molecule has 0 unspecified atom stereocenters. The van der Waals surface area contributed by atoms with Crippen molar-refractivity contribution in [2.24, 2.45) is 5.73 Å². The number of primary amides is 1. The van der Waals surface area contributed by atoms with Gasteiger partial charge < -0.3 is 10.3 Å². The molecule has 0 saturated carbocycles. The second-order valence-electron chi connectivity index (χ2n) is 3.34. The van der Waals surface area contributed by atoms with E-state index in [0.717, 1.165) is 0 Å².